The molecular weight excluding hydrogens is 240 g/mol. The van der Waals surface area contributed by atoms with Crippen LogP contribution in [-0.2, 0) is 4.74 Å². The quantitative estimate of drug-likeness (QED) is 0.610. The maximum Gasteiger partial charge on any atom is 0.191 e. The molecule has 1 unspecified atom stereocenters. The topological polar surface area (TPSA) is 54.1 Å². The van der Waals surface area contributed by atoms with E-state index in [1.165, 1.54) is 19.4 Å². The van der Waals surface area contributed by atoms with E-state index in [9.17, 15) is 0 Å². The first-order valence-electron chi connectivity index (χ1n) is 7.40. The molecule has 0 bridgehead atoms. The highest BCUT2D eigenvalue weighted by atomic mass is 16.5. The van der Waals surface area contributed by atoms with Crippen molar-refractivity contribution in [1.82, 2.24) is 9.80 Å². The second-order valence-corrected chi connectivity index (χ2v) is 6.27. The molecule has 5 nitrogen and oxygen atoms in total. The van der Waals surface area contributed by atoms with Gasteiger partial charge in [0.15, 0.2) is 5.96 Å². The van der Waals surface area contributed by atoms with Gasteiger partial charge in [-0.05, 0) is 40.2 Å². The minimum Gasteiger partial charge on any atom is -0.375 e. The van der Waals surface area contributed by atoms with E-state index in [0.717, 1.165) is 32.8 Å². The van der Waals surface area contributed by atoms with E-state index in [-0.39, 0.29) is 6.10 Å². The maximum atomic E-state index is 6.06. The maximum absolute atomic E-state index is 6.06. The van der Waals surface area contributed by atoms with Gasteiger partial charge in [-0.3, -0.25) is 9.89 Å². The van der Waals surface area contributed by atoms with Crippen molar-refractivity contribution in [2.24, 2.45) is 10.7 Å². The van der Waals surface area contributed by atoms with Gasteiger partial charge in [0.25, 0.3) is 0 Å². The van der Waals surface area contributed by atoms with Crippen LogP contribution in [-0.4, -0.2) is 66.7 Å². The van der Waals surface area contributed by atoms with E-state index in [1.54, 1.807) is 0 Å². The second-order valence-electron chi connectivity index (χ2n) is 6.27. The molecule has 2 aliphatic rings. The van der Waals surface area contributed by atoms with Gasteiger partial charge in [-0.15, -0.1) is 0 Å². The third kappa shape index (κ3) is 3.83. The van der Waals surface area contributed by atoms with E-state index in [2.05, 4.69) is 35.6 Å². The average molecular weight is 268 g/mol. The number of guanidine groups is 1. The number of nitrogens with two attached hydrogens (primary N) is 1. The molecule has 0 spiro atoms. The van der Waals surface area contributed by atoms with Crippen LogP contribution in [0.2, 0.25) is 0 Å². The molecule has 2 fully saturated rings. The molecule has 0 amide bonds. The molecule has 2 rings (SSSR count). The Kier molecular flexibility index (Phi) is 4.68. The summed E-state index contributed by atoms with van der Waals surface area (Å²) in [5, 5.41) is 0. The van der Waals surface area contributed by atoms with Crippen LogP contribution in [0.3, 0.4) is 0 Å². The van der Waals surface area contributed by atoms with Crippen molar-refractivity contribution < 1.29 is 4.74 Å². The summed E-state index contributed by atoms with van der Waals surface area (Å²) in [4.78, 5) is 9.18. The molecule has 1 atom stereocenters. The minimum absolute atomic E-state index is 0.250. The molecule has 0 aromatic carbocycles. The van der Waals surface area contributed by atoms with Gasteiger partial charge in [0.05, 0.1) is 19.3 Å². The minimum atomic E-state index is 0.250. The van der Waals surface area contributed by atoms with Gasteiger partial charge >= 0.3 is 0 Å². The van der Waals surface area contributed by atoms with Crippen molar-refractivity contribution in [2.75, 3.05) is 39.3 Å². The fourth-order valence-electron chi connectivity index (χ4n) is 2.99. The highest BCUT2D eigenvalue weighted by Crippen LogP contribution is 2.27. The number of ether oxygens (including phenoxy) is 1. The predicted molar refractivity (Wildman–Crippen MR) is 78.4 cm³/mol. The van der Waals surface area contributed by atoms with Crippen molar-refractivity contribution in [3.63, 3.8) is 0 Å². The molecule has 2 heterocycles. The Labute approximate surface area is 116 Å². The standard InChI is InChI=1S/C14H28N4O/c1-12-11-17(9-10-19-12)13(15)16-6-8-18-7-4-5-14(18,2)3/h12H,4-11H2,1-3H3,(H2,15,16). The average Bonchev–Trinajstić information content (AvgIpc) is 2.69. The van der Waals surface area contributed by atoms with Gasteiger partial charge in [-0.1, -0.05) is 0 Å². The lowest BCUT2D eigenvalue weighted by Gasteiger charge is -2.33. The summed E-state index contributed by atoms with van der Waals surface area (Å²) in [6.45, 7) is 12.2. The predicted octanol–water partition coefficient (Wildman–Crippen LogP) is 0.896. The van der Waals surface area contributed by atoms with Crippen LogP contribution < -0.4 is 5.73 Å². The molecular formula is C14H28N4O. The van der Waals surface area contributed by atoms with Crippen molar-refractivity contribution in [3.05, 3.63) is 0 Å². The summed E-state index contributed by atoms with van der Waals surface area (Å²) >= 11 is 0. The van der Waals surface area contributed by atoms with E-state index >= 15 is 0 Å². The monoisotopic (exact) mass is 268 g/mol. The van der Waals surface area contributed by atoms with E-state index in [1.807, 2.05) is 0 Å². The Morgan fingerprint density at radius 3 is 2.84 bits per heavy atom. The summed E-state index contributed by atoms with van der Waals surface area (Å²) < 4.78 is 5.51. The van der Waals surface area contributed by atoms with Crippen LogP contribution >= 0.6 is 0 Å². The highest BCUT2D eigenvalue weighted by molar-refractivity contribution is 5.78. The first kappa shape index (κ1) is 14.6. The summed E-state index contributed by atoms with van der Waals surface area (Å²) in [5.41, 5.74) is 6.40. The number of hydrogen-bond donors (Lipinski definition) is 1. The molecule has 19 heavy (non-hydrogen) atoms. The van der Waals surface area contributed by atoms with Gasteiger partial charge in [-0.25, -0.2) is 0 Å². The van der Waals surface area contributed by atoms with Gasteiger partial charge in [-0.2, -0.15) is 0 Å². The SMILES string of the molecule is CC1CN(C(N)=NCCN2CCCC2(C)C)CCO1. The normalized spacial score (nSPS) is 28.9. The first-order valence-corrected chi connectivity index (χ1v) is 7.40. The molecule has 2 saturated heterocycles. The lowest BCUT2D eigenvalue weighted by molar-refractivity contribution is 0.00528. The van der Waals surface area contributed by atoms with Crippen molar-refractivity contribution in [2.45, 2.75) is 45.3 Å². The fourth-order valence-corrected chi connectivity index (χ4v) is 2.99. The number of aliphatic imine (C=N–C) groups is 1. The number of morpholine rings is 1. The number of rotatable bonds is 3. The second kappa shape index (κ2) is 6.09. The van der Waals surface area contributed by atoms with E-state index < -0.39 is 0 Å². The Morgan fingerprint density at radius 1 is 1.42 bits per heavy atom. The third-order valence-corrected chi connectivity index (χ3v) is 4.28. The number of likely N-dealkylation sites (tertiary alicyclic amines) is 1. The molecule has 110 valence electrons. The summed E-state index contributed by atoms with van der Waals surface area (Å²) in [6.07, 6.45) is 2.83. The lowest BCUT2D eigenvalue weighted by atomic mass is 10.0. The Balaban J connectivity index is 1.78. The smallest absolute Gasteiger partial charge is 0.191 e. The molecule has 0 aromatic rings. The van der Waals surface area contributed by atoms with Crippen molar-refractivity contribution in [1.29, 1.82) is 0 Å². The Hall–Kier alpha value is -0.810. The first-order chi connectivity index (χ1) is 8.99. The van der Waals surface area contributed by atoms with E-state index in [4.69, 9.17) is 10.5 Å². The van der Waals surface area contributed by atoms with Crippen LogP contribution in [0.25, 0.3) is 0 Å². The zero-order chi connectivity index (χ0) is 13.9. The lowest BCUT2D eigenvalue weighted by Crippen LogP contribution is -2.48. The van der Waals surface area contributed by atoms with Crippen LogP contribution in [0.5, 0.6) is 0 Å². The van der Waals surface area contributed by atoms with Crippen LogP contribution in [0.4, 0.5) is 0 Å². The molecule has 2 N–H and O–H groups in total. The Morgan fingerprint density at radius 2 is 2.21 bits per heavy atom. The van der Waals surface area contributed by atoms with Crippen LogP contribution in [0.1, 0.15) is 33.6 Å². The molecule has 5 heteroatoms. The highest BCUT2D eigenvalue weighted by Gasteiger charge is 2.31. The van der Waals surface area contributed by atoms with Crippen molar-refractivity contribution in [3.8, 4) is 0 Å². The van der Waals surface area contributed by atoms with Crippen molar-refractivity contribution >= 4 is 5.96 Å². The molecule has 0 radical (unpaired) electrons. The number of hydrogen-bond acceptors (Lipinski definition) is 3. The molecule has 2 aliphatic heterocycles. The van der Waals surface area contributed by atoms with E-state index in [0.29, 0.717) is 11.5 Å². The van der Waals surface area contributed by atoms with Crippen LogP contribution in [0, 0.1) is 0 Å². The van der Waals surface area contributed by atoms with Gasteiger partial charge < -0.3 is 15.4 Å². The van der Waals surface area contributed by atoms with Gasteiger partial charge in [0.2, 0.25) is 0 Å². The van der Waals surface area contributed by atoms with Crippen LogP contribution in [0.15, 0.2) is 4.99 Å². The summed E-state index contributed by atoms with van der Waals surface area (Å²) in [7, 11) is 0. The van der Waals surface area contributed by atoms with Gasteiger partial charge in [0.1, 0.15) is 0 Å². The summed E-state index contributed by atoms with van der Waals surface area (Å²) in [6, 6.07) is 0. The third-order valence-electron chi connectivity index (χ3n) is 4.28. The summed E-state index contributed by atoms with van der Waals surface area (Å²) in [5.74, 6) is 0.673. The zero-order valence-corrected chi connectivity index (χ0v) is 12.6. The Bertz CT molecular complexity index is 329. The molecule has 0 aliphatic carbocycles. The van der Waals surface area contributed by atoms with Gasteiger partial charge in [0, 0.05) is 25.2 Å². The largest absolute Gasteiger partial charge is 0.375 e. The molecule has 0 saturated carbocycles. The fraction of sp³-hybridized carbons (Fsp3) is 0.929. The molecule has 0 aromatic heterocycles. The number of nitrogens with zero attached hydrogens (tertiary/aromatic N) is 3. The zero-order valence-electron chi connectivity index (χ0n) is 12.6.